The number of carbonyl (C=O) groups is 1. The van der Waals surface area contributed by atoms with E-state index in [4.69, 9.17) is 0 Å². The van der Waals surface area contributed by atoms with Crippen LogP contribution in [0.25, 0.3) is 0 Å². The van der Waals surface area contributed by atoms with E-state index >= 15 is 0 Å². The number of methoxy groups -OCH3 is 1. The van der Waals surface area contributed by atoms with Crippen LogP contribution in [0.3, 0.4) is 0 Å². The van der Waals surface area contributed by atoms with Gasteiger partial charge in [0.1, 0.15) is 0 Å². The Morgan fingerprint density at radius 1 is 1.14 bits per heavy atom. The molecular weight excluding hydrogens is 308 g/mol. The van der Waals surface area contributed by atoms with Crippen molar-refractivity contribution in [1.29, 1.82) is 0 Å². The topological polar surface area (TPSA) is 101 Å². The molecule has 0 aliphatic rings. The van der Waals surface area contributed by atoms with E-state index in [0.29, 0.717) is 0 Å². The first-order valence-electron chi connectivity index (χ1n) is 6.24. The zero-order valence-corrected chi connectivity index (χ0v) is 12.7. The Hall–Kier alpha value is -2.54. The lowest BCUT2D eigenvalue weighted by atomic mass is 10.2. The van der Waals surface area contributed by atoms with Crippen LogP contribution in [0.15, 0.2) is 46.2 Å². The molecule has 0 bridgehead atoms. The Morgan fingerprint density at radius 3 is 2.36 bits per heavy atom. The molecule has 0 saturated heterocycles. The molecule has 0 aliphatic carbocycles. The van der Waals surface area contributed by atoms with Crippen molar-refractivity contribution in [3.63, 3.8) is 0 Å². The molecule has 2 rings (SSSR count). The number of aryl methyl sites for hydroxylation is 1. The number of benzene rings is 2. The van der Waals surface area contributed by atoms with E-state index in [1.165, 1.54) is 37.3 Å². The standard InChI is InChI=1S/C15H14O6S/c1-9-7-10(8-12(16)14(9)17)22(19,20)13-6-4-3-5-11(13)15(18)21-2/h3-8,16-17H,1-2H3. The lowest BCUT2D eigenvalue weighted by Gasteiger charge is -2.11. The largest absolute Gasteiger partial charge is 0.504 e. The van der Waals surface area contributed by atoms with Gasteiger partial charge in [-0.2, -0.15) is 0 Å². The number of hydrogen-bond acceptors (Lipinski definition) is 6. The van der Waals surface area contributed by atoms with Crippen LogP contribution in [0.2, 0.25) is 0 Å². The van der Waals surface area contributed by atoms with Gasteiger partial charge >= 0.3 is 5.97 Å². The fraction of sp³-hybridized carbons (Fsp3) is 0.133. The molecule has 0 aromatic heterocycles. The molecule has 0 radical (unpaired) electrons. The van der Waals surface area contributed by atoms with Crippen molar-refractivity contribution in [2.24, 2.45) is 0 Å². The quantitative estimate of drug-likeness (QED) is 0.662. The van der Waals surface area contributed by atoms with Gasteiger partial charge in [-0.1, -0.05) is 12.1 Å². The molecule has 2 aromatic carbocycles. The van der Waals surface area contributed by atoms with E-state index < -0.39 is 21.6 Å². The molecule has 116 valence electrons. The zero-order chi connectivity index (χ0) is 16.5. The third-order valence-corrected chi connectivity index (χ3v) is 4.94. The highest BCUT2D eigenvalue weighted by Gasteiger charge is 2.26. The number of phenols is 2. The van der Waals surface area contributed by atoms with Crippen LogP contribution >= 0.6 is 0 Å². The van der Waals surface area contributed by atoms with Crippen molar-refractivity contribution in [2.45, 2.75) is 16.7 Å². The minimum Gasteiger partial charge on any atom is -0.504 e. The van der Waals surface area contributed by atoms with Crippen molar-refractivity contribution < 1.29 is 28.2 Å². The highest BCUT2D eigenvalue weighted by molar-refractivity contribution is 7.91. The van der Waals surface area contributed by atoms with Crippen LogP contribution in [0.4, 0.5) is 0 Å². The van der Waals surface area contributed by atoms with Crippen molar-refractivity contribution in [2.75, 3.05) is 7.11 Å². The van der Waals surface area contributed by atoms with Gasteiger partial charge in [0.2, 0.25) is 9.84 Å². The van der Waals surface area contributed by atoms with Gasteiger partial charge in [0, 0.05) is 6.07 Å². The summed E-state index contributed by atoms with van der Waals surface area (Å²) in [6.07, 6.45) is 0. The van der Waals surface area contributed by atoms with E-state index in [-0.39, 0.29) is 26.7 Å². The van der Waals surface area contributed by atoms with Crippen LogP contribution < -0.4 is 0 Å². The van der Waals surface area contributed by atoms with Crippen LogP contribution in [0.5, 0.6) is 11.5 Å². The SMILES string of the molecule is COC(=O)c1ccccc1S(=O)(=O)c1cc(C)c(O)c(O)c1. The molecule has 0 atom stereocenters. The van der Waals surface area contributed by atoms with Crippen molar-refractivity contribution >= 4 is 15.8 Å². The molecule has 0 heterocycles. The summed E-state index contributed by atoms with van der Waals surface area (Å²) in [4.78, 5) is 11.3. The van der Waals surface area contributed by atoms with Crippen LogP contribution in [0, 0.1) is 6.92 Å². The molecule has 0 saturated carbocycles. The fourth-order valence-electron chi connectivity index (χ4n) is 1.99. The van der Waals surface area contributed by atoms with E-state index in [9.17, 15) is 23.4 Å². The number of esters is 1. The van der Waals surface area contributed by atoms with Crippen molar-refractivity contribution in [3.8, 4) is 11.5 Å². The van der Waals surface area contributed by atoms with Gasteiger partial charge in [-0.15, -0.1) is 0 Å². The Labute approximate surface area is 127 Å². The number of sulfone groups is 1. The van der Waals surface area contributed by atoms with E-state index in [1.54, 1.807) is 0 Å². The van der Waals surface area contributed by atoms with E-state index in [0.717, 1.165) is 13.2 Å². The summed E-state index contributed by atoms with van der Waals surface area (Å²) >= 11 is 0. The molecule has 6 nitrogen and oxygen atoms in total. The normalized spacial score (nSPS) is 11.2. The second kappa shape index (κ2) is 5.69. The van der Waals surface area contributed by atoms with E-state index in [1.807, 2.05) is 0 Å². The minimum atomic E-state index is -4.06. The van der Waals surface area contributed by atoms with Gasteiger partial charge in [-0.25, -0.2) is 13.2 Å². The van der Waals surface area contributed by atoms with Crippen molar-refractivity contribution in [1.82, 2.24) is 0 Å². The highest BCUT2D eigenvalue weighted by atomic mass is 32.2. The monoisotopic (exact) mass is 322 g/mol. The molecular formula is C15H14O6S. The lowest BCUT2D eigenvalue weighted by molar-refractivity contribution is 0.0596. The maximum absolute atomic E-state index is 12.7. The molecule has 0 amide bonds. The Kier molecular flexibility index (Phi) is 4.09. The molecule has 7 heteroatoms. The molecule has 0 fully saturated rings. The average molecular weight is 322 g/mol. The maximum atomic E-state index is 12.7. The molecule has 0 spiro atoms. The summed E-state index contributed by atoms with van der Waals surface area (Å²) < 4.78 is 30.0. The minimum absolute atomic E-state index is 0.102. The molecule has 2 N–H and O–H groups in total. The first-order chi connectivity index (χ1) is 10.3. The van der Waals surface area contributed by atoms with Gasteiger partial charge in [-0.05, 0) is 30.7 Å². The predicted molar refractivity (Wildman–Crippen MR) is 77.7 cm³/mol. The third-order valence-electron chi connectivity index (χ3n) is 3.15. The summed E-state index contributed by atoms with van der Waals surface area (Å²) in [6.45, 7) is 1.46. The molecule has 0 unspecified atom stereocenters. The summed E-state index contributed by atoms with van der Waals surface area (Å²) in [5, 5.41) is 19.1. The van der Waals surface area contributed by atoms with Crippen molar-refractivity contribution in [3.05, 3.63) is 47.5 Å². The molecule has 22 heavy (non-hydrogen) atoms. The van der Waals surface area contributed by atoms with Crippen LogP contribution in [0.1, 0.15) is 15.9 Å². The van der Waals surface area contributed by atoms with E-state index in [2.05, 4.69) is 4.74 Å². The Morgan fingerprint density at radius 2 is 1.77 bits per heavy atom. The zero-order valence-electron chi connectivity index (χ0n) is 11.9. The number of aromatic hydroxyl groups is 2. The second-order valence-corrected chi connectivity index (χ2v) is 6.52. The van der Waals surface area contributed by atoms with Gasteiger partial charge in [0.15, 0.2) is 11.5 Å². The number of ether oxygens (including phenoxy) is 1. The first-order valence-corrected chi connectivity index (χ1v) is 7.72. The van der Waals surface area contributed by atoms with Gasteiger partial charge in [-0.3, -0.25) is 0 Å². The fourth-order valence-corrected chi connectivity index (χ4v) is 3.54. The third kappa shape index (κ3) is 2.62. The number of rotatable bonds is 3. The summed E-state index contributed by atoms with van der Waals surface area (Å²) in [5.41, 5.74) is 0.101. The summed E-state index contributed by atoms with van der Waals surface area (Å²) in [6, 6.07) is 7.77. The lowest BCUT2D eigenvalue weighted by Crippen LogP contribution is -2.11. The Bertz CT molecular complexity index is 816. The first kappa shape index (κ1) is 15.8. The molecule has 0 aliphatic heterocycles. The highest BCUT2D eigenvalue weighted by Crippen LogP contribution is 2.34. The van der Waals surface area contributed by atoms with Gasteiger partial charge in [0.25, 0.3) is 0 Å². The summed E-state index contributed by atoms with van der Waals surface area (Å²) in [7, 11) is -2.90. The summed E-state index contributed by atoms with van der Waals surface area (Å²) in [5.74, 6) is -1.71. The average Bonchev–Trinajstić information content (AvgIpc) is 2.51. The molecule has 2 aromatic rings. The van der Waals surface area contributed by atoms with Crippen LogP contribution in [-0.2, 0) is 14.6 Å². The number of carbonyl (C=O) groups excluding carboxylic acids is 1. The van der Waals surface area contributed by atoms with Gasteiger partial charge in [0.05, 0.1) is 22.5 Å². The van der Waals surface area contributed by atoms with Gasteiger partial charge < -0.3 is 14.9 Å². The predicted octanol–water partition coefficient (Wildman–Crippen LogP) is 2.03. The second-order valence-electron chi connectivity index (χ2n) is 4.60. The maximum Gasteiger partial charge on any atom is 0.339 e. The number of phenolic OH excluding ortho intramolecular Hbond substituents is 2. The number of hydrogen-bond donors (Lipinski definition) is 2. The smallest absolute Gasteiger partial charge is 0.339 e. The Balaban J connectivity index is 2.69. The van der Waals surface area contributed by atoms with Crippen LogP contribution in [-0.4, -0.2) is 31.7 Å².